The fourth-order valence-corrected chi connectivity index (χ4v) is 2.10. The zero-order chi connectivity index (χ0) is 11.7. The van der Waals surface area contributed by atoms with Crippen LogP contribution in [0.2, 0.25) is 0 Å². The first-order valence-corrected chi connectivity index (χ1v) is 5.76. The van der Waals surface area contributed by atoms with Crippen LogP contribution in [-0.2, 0) is 4.74 Å². The van der Waals surface area contributed by atoms with Gasteiger partial charge in [0.2, 0.25) is 0 Å². The average Bonchev–Trinajstić information content (AvgIpc) is 2.82. The molecule has 0 aliphatic carbocycles. The van der Waals surface area contributed by atoms with E-state index >= 15 is 0 Å². The van der Waals surface area contributed by atoms with Crippen LogP contribution >= 0.6 is 0 Å². The van der Waals surface area contributed by atoms with E-state index in [1.54, 1.807) is 16.8 Å². The fraction of sp³-hybridized carbons (Fsp3) is 0.417. The minimum absolute atomic E-state index is 0.281. The van der Waals surface area contributed by atoms with E-state index in [2.05, 4.69) is 10.1 Å². The third kappa shape index (κ3) is 1.93. The van der Waals surface area contributed by atoms with Crippen LogP contribution in [0, 0.1) is 0 Å². The molecule has 5 nitrogen and oxygen atoms in total. The molecule has 1 unspecified atom stereocenters. The Morgan fingerprint density at radius 2 is 2.41 bits per heavy atom. The van der Waals surface area contributed by atoms with Gasteiger partial charge >= 0.3 is 0 Å². The number of carbonyl (C=O) groups is 1. The third-order valence-corrected chi connectivity index (χ3v) is 3.03. The second-order valence-electron chi connectivity index (χ2n) is 4.27. The standard InChI is InChI=1S/C12H13N3O2/c16-7-9-3-4-11-13-12(14-15(11)6-9)10-2-1-5-17-8-10/h3-4,6-7,10H,1-2,5,8H2. The third-order valence-electron chi connectivity index (χ3n) is 3.03. The Balaban J connectivity index is 1.97. The van der Waals surface area contributed by atoms with E-state index in [4.69, 9.17) is 4.74 Å². The molecule has 5 heteroatoms. The Labute approximate surface area is 98.4 Å². The Morgan fingerprint density at radius 3 is 3.18 bits per heavy atom. The quantitative estimate of drug-likeness (QED) is 0.734. The lowest BCUT2D eigenvalue weighted by Gasteiger charge is -2.18. The second-order valence-corrected chi connectivity index (χ2v) is 4.27. The van der Waals surface area contributed by atoms with Crippen LogP contribution in [0.1, 0.15) is 34.9 Å². The van der Waals surface area contributed by atoms with E-state index in [9.17, 15) is 4.79 Å². The summed E-state index contributed by atoms with van der Waals surface area (Å²) >= 11 is 0. The molecule has 2 aromatic rings. The highest BCUT2D eigenvalue weighted by Crippen LogP contribution is 2.23. The molecule has 88 valence electrons. The van der Waals surface area contributed by atoms with E-state index in [0.29, 0.717) is 12.2 Å². The highest BCUT2D eigenvalue weighted by Gasteiger charge is 2.20. The van der Waals surface area contributed by atoms with Crippen molar-refractivity contribution >= 4 is 11.9 Å². The fourth-order valence-electron chi connectivity index (χ4n) is 2.10. The van der Waals surface area contributed by atoms with Gasteiger partial charge in [-0.15, -0.1) is 0 Å². The van der Waals surface area contributed by atoms with Gasteiger partial charge in [-0.1, -0.05) is 0 Å². The van der Waals surface area contributed by atoms with E-state index in [0.717, 1.165) is 37.2 Å². The maximum Gasteiger partial charge on any atom is 0.157 e. The Bertz CT molecular complexity index is 544. The monoisotopic (exact) mass is 231 g/mol. The van der Waals surface area contributed by atoms with Crippen molar-refractivity contribution in [1.29, 1.82) is 0 Å². The molecule has 17 heavy (non-hydrogen) atoms. The lowest BCUT2D eigenvalue weighted by atomic mass is 10.0. The number of fused-ring (bicyclic) bond motifs is 1. The molecule has 0 bridgehead atoms. The summed E-state index contributed by atoms with van der Waals surface area (Å²) in [4.78, 5) is 15.1. The predicted octanol–water partition coefficient (Wildman–Crippen LogP) is 1.44. The number of hydrogen-bond acceptors (Lipinski definition) is 4. The lowest BCUT2D eigenvalue weighted by molar-refractivity contribution is 0.0781. The smallest absolute Gasteiger partial charge is 0.157 e. The average molecular weight is 231 g/mol. The van der Waals surface area contributed by atoms with Gasteiger partial charge in [-0.25, -0.2) is 9.50 Å². The summed E-state index contributed by atoms with van der Waals surface area (Å²) in [6, 6.07) is 3.56. The molecule has 1 saturated heterocycles. The second kappa shape index (κ2) is 4.25. The van der Waals surface area contributed by atoms with Crippen molar-refractivity contribution in [3.05, 3.63) is 29.7 Å². The summed E-state index contributed by atoms with van der Waals surface area (Å²) in [5.41, 5.74) is 1.38. The number of rotatable bonds is 2. The summed E-state index contributed by atoms with van der Waals surface area (Å²) in [6.07, 6.45) is 4.63. The van der Waals surface area contributed by atoms with E-state index in [-0.39, 0.29) is 5.92 Å². The highest BCUT2D eigenvalue weighted by atomic mass is 16.5. The van der Waals surface area contributed by atoms with E-state index in [1.165, 1.54) is 0 Å². The Kier molecular flexibility index (Phi) is 2.60. The van der Waals surface area contributed by atoms with Crippen LogP contribution < -0.4 is 0 Å². The van der Waals surface area contributed by atoms with Crippen LogP contribution in [0.5, 0.6) is 0 Å². The van der Waals surface area contributed by atoms with Gasteiger partial charge < -0.3 is 4.74 Å². The molecule has 3 rings (SSSR count). The first kappa shape index (κ1) is 10.4. The highest BCUT2D eigenvalue weighted by molar-refractivity contribution is 5.74. The number of ether oxygens (including phenoxy) is 1. The maximum absolute atomic E-state index is 10.7. The molecule has 1 atom stereocenters. The summed E-state index contributed by atoms with van der Waals surface area (Å²) in [5, 5.41) is 4.41. The number of pyridine rings is 1. The van der Waals surface area contributed by atoms with Gasteiger partial charge in [-0.3, -0.25) is 4.79 Å². The molecule has 0 aromatic carbocycles. The van der Waals surface area contributed by atoms with Crippen molar-refractivity contribution in [1.82, 2.24) is 14.6 Å². The largest absolute Gasteiger partial charge is 0.381 e. The number of hydrogen-bond donors (Lipinski definition) is 0. The molecule has 0 radical (unpaired) electrons. The van der Waals surface area contributed by atoms with Gasteiger partial charge in [-0.2, -0.15) is 5.10 Å². The molecule has 1 aliphatic heterocycles. The van der Waals surface area contributed by atoms with Gasteiger partial charge in [0, 0.05) is 24.3 Å². The van der Waals surface area contributed by atoms with Crippen LogP contribution in [0.15, 0.2) is 18.3 Å². The normalized spacial score (nSPS) is 20.6. The zero-order valence-electron chi connectivity index (χ0n) is 9.37. The van der Waals surface area contributed by atoms with Crippen LogP contribution in [0.4, 0.5) is 0 Å². The predicted molar refractivity (Wildman–Crippen MR) is 61.2 cm³/mol. The zero-order valence-corrected chi connectivity index (χ0v) is 9.37. The first-order valence-electron chi connectivity index (χ1n) is 5.76. The van der Waals surface area contributed by atoms with Gasteiger partial charge in [0.25, 0.3) is 0 Å². The molecule has 1 fully saturated rings. The van der Waals surface area contributed by atoms with Crippen molar-refractivity contribution < 1.29 is 9.53 Å². The lowest BCUT2D eigenvalue weighted by Crippen LogP contribution is -2.16. The minimum atomic E-state index is 0.281. The molecule has 0 saturated carbocycles. The first-order chi connectivity index (χ1) is 8.36. The number of nitrogens with zero attached hydrogens (tertiary/aromatic N) is 3. The summed E-state index contributed by atoms with van der Waals surface area (Å²) in [5.74, 6) is 1.09. The number of carbonyl (C=O) groups excluding carboxylic acids is 1. The molecule has 0 amide bonds. The van der Waals surface area contributed by atoms with Crippen molar-refractivity contribution in [2.24, 2.45) is 0 Å². The van der Waals surface area contributed by atoms with Crippen LogP contribution in [0.25, 0.3) is 5.65 Å². The molecular formula is C12H13N3O2. The van der Waals surface area contributed by atoms with Crippen molar-refractivity contribution in [2.45, 2.75) is 18.8 Å². The summed E-state index contributed by atoms with van der Waals surface area (Å²) in [7, 11) is 0. The molecular weight excluding hydrogens is 218 g/mol. The van der Waals surface area contributed by atoms with Crippen LogP contribution in [-0.4, -0.2) is 34.1 Å². The molecule has 1 aliphatic rings. The maximum atomic E-state index is 10.7. The van der Waals surface area contributed by atoms with E-state index in [1.807, 2.05) is 6.07 Å². The van der Waals surface area contributed by atoms with Gasteiger partial charge in [0.05, 0.1) is 6.61 Å². The molecule has 0 N–H and O–H groups in total. The molecule has 0 spiro atoms. The topological polar surface area (TPSA) is 56.5 Å². The Morgan fingerprint density at radius 1 is 1.47 bits per heavy atom. The minimum Gasteiger partial charge on any atom is -0.381 e. The number of aldehydes is 1. The number of aromatic nitrogens is 3. The van der Waals surface area contributed by atoms with Crippen LogP contribution in [0.3, 0.4) is 0 Å². The summed E-state index contributed by atoms with van der Waals surface area (Å²) in [6.45, 7) is 1.52. The SMILES string of the molecule is O=Cc1ccc2nc(C3CCCOC3)nn2c1. The van der Waals surface area contributed by atoms with Gasteiger partial charge in [0.15, 0.2) is 17.8 Å². The van der Waals surface area contributed by atoms with Gasteiger partial charge in [0.1, 0.15) is 0 Å². The summed E-state index contributed by atoms with van der Waals surface area (Å²) < 4.78 is 7.09. The van der Waals surface area contributed by atoms with Crippen molar-refractivity contribution in [2.75, 3.05) is 13.2 Å². The van der Waals surface area contributed by atoms with E-state index < -0.39 is 0 Å². The van der Waals surface area contributed by atoms with Crippen molar-refractivity contribution in [3.8, 4) is 0 Å². The molecule has 2 aromatic heterocycles. The van der Waals surface area contributed by atoms with Gasteiger partial charge in [-0.05, 0) is 25.0 Å². The molecule has 3 heterocycles. The Hall–Kier alpha value is -1.75. The van der Waals surface area contributed by atoms with Crippen molar-refractivity contribution in [3.63, 3.8) is 0 Å².